The quantitative estimate of drug-likeness (QED) is 0.642. The molecule has 4 nitrogen and oxygen atoms in total. The van der Waals surface area contributed by atoms with Crippen LogP contribution in [0.25, 0.3) is 22.2 Å². The van der Waals surface area contributed by atoms with Gasteiger partial charge >= 0.3 is 0 Å². The third-order valence-electron chi connectivity index (χ3n) is 3.15. The molecule has 0 spiro atoms. The van der Waals surface area contributed by atoms with Crippen molar-refractivity contribution in [3.8, 4) is 17.2 Å². The summed E-state index contributed by atoms with van der Waals surface area (Å²) >= 11 is 15.6. The molecule has 2 aromatic heterocycles. The first-order valence-electron chi connectivity index (χ1n) is 6.11. The standard InChI is InChI=1S/C15H7BrCl2N4/c16-7-3-10-13(9-2-1-8(17)4-12(9)18)11(5-19)14(20)22-15(10)21-6-7/h1-4,6H,(H2,20,21,22). The molecule has 3 rings (SSSR count). The molecule has 0 bridgehead atoms. The smallest absolute Gasteiger partial charge is 0.162 e. The Kier molecular flexibility index (Phi) is 3.92. The van der Waals surface area contributed by atoms with Gasteiger partial charge in [-0.3, -0.25) is 0 Å². The zero-order chi connectivity index (χ0) is 15.9. The van der Waals surface area contributed by atoms with Gasteiger partial charge in [0.05, 0.1) is 0 Å². The summed E-state index contributed by atoms with van der Waals surface area (Å²) in [7, 11) is 0. The lowest BCUT2D eigenvalue weighted by Crippen LogP contribution is -2.00. The number of pyridine rings is 2. The lowest BCUT2D eigenvalue weighted by molar-refractivity contribution is 1.27. The number of nitrogens with two attached hydrogens (primary N) is 1. The molecule has 0 radical (unpaired) electrons. The van der Waals surface area contributed by atoms with Crippen LogP contribution in [0.1, 0.15) is 5.56 Å². The lowest BCUT2D eigenvalue weighted by atomic mass is 9.97. The van der Waals surface area contributed by atoms with E-state index >= 15 is 0 Å². The highest BCUT2D eigenvalue weighted by molar-refractivity contribution is 9.10. The topological polar surface area (TPSA) is 75.6 Å². The van der Waals surface area contributed by atoms with Gasteiger partial charge in [-0.15, -0.1) is 0 Å². The highest BCUT2D eigenvalue weighted by Crippen LogP contribution is 2.38. The van der Waals surface area contributed by atoms with Gasteiger partial charge in [0.2, 0.25) is 0 Å². The second-order valence-electron chi connectivity index (χ2n) is 4.51. The Bertz CT molecular complexity index is 950. The predicted molar refractivity (Wildman–Crippen MR) is 91.8 cm³/mol. The first-order chi connectivity index (χ1) is 10.5. The van der Waals surface area contributed by atoms with Gasteiger partial charge in [-0.1, -0.05) is 29.3 Å². The summed E-state index contributed by atoms with van der Waals surface area (Å²) < 4.78 is 0.766. The van der Waals surface area contributed by atoms with E-state index in [2.05, 4.69) is 32.0 Å². The summed E-state index contributed by atoms with van der Waals surface area (Å²) in [4.78, 5) is 8.41. The van der Waals surface area contributed by atoms with Crippen molar-refractivity contribution < 1.29 is 0 Å². The third kappa shape index (κ3) is 2.50. The summed E-state index contributed by atoms with van der Waals surface area (Å²) in [5.74, 6) is 0.117. The largest absolute Gasteiger partial charge is 0.383 e. The van der Waals surface area contributed by atoms with E-state index in [0.717, 1.165) is 4.47 Å². The Morgan fingerprint density at radius 3 is 2.68 bits per heavy atom. The molecule has 7 heteroatoms. The van der Waals surface area contributed by atoms with Crippen LogP contribution in [0.2, 0.25) is 10.0 Å². The Morgan fingerprint density at radius 2 is 2.00 bits per heavy atom. The maximum atomic E-state index is 9.46. The number of nitrogen functional groups attached to an aromatic ring is 1. The van der Waals surface area contributed by atoms with Crippen LogP contribution in [0, 0.1) is 11.3 Å². The van der Waals surface area contributed by atoms with Crippen LogP contribution in [0.5, 0.6) is 0 Å². The predicted octanol–water partition coefficient (Wildman–Crippen LogP) is 4.82. The third-order valence-corrected chi connectivity index (χ3v) is 4.13. The van der Waals surface area contributed by atoms with E-state index in [1.807, 2.05) is 6.07 Å². The zero-order valence-electron chi connectivity index (χ0n) is 10.9. The molecule has 0 saturated heterocycles. The van der Waals surface area contributed by atoms with E-state index in [1.54, 1.807) is 24.4 Å². The number of hydrogen-bond acceptors (Lipinski definition) is 4. The summed E-state index contributed by atoms with van der Waals surface area (Å²) in [6.45, 7) is 0. The second kappa shape index (κ2) is 5.73. The van der Waals surface area contributed by atoms with Gasteiger partial charge in [-0.25, -0.2) is 9.97 Å². The molecule has 1 aromatic carbocycles. The van der Waals surface area contributed by atoms with Crippen molar-refractivity contribution in [2.75, 3.05) is 5.73 Å². The molecule has 2 N–H and O–H groups in total. The van der Waals surface area contributed by atoms with E-state index in [0.29, 0.717) is 32.2 Å². The number of nitriles is 1. The molecular formula is C15H7BrCl2N4. The van der Waals surface area contributed by atoms with Crippen LogP contribution in [-0.2, 0) is 0 Å². The number of rotatable bonds is 1. The molecule has 2 heterocycles. The van der Waals surface area contributed by atoms with Gasteiger partial charge in [-0.2, -0.15) is 5.26 Å². The van der Waals surface area contributed by atoms with E-state index in [1.165, 1.54) is 0 Å². The zero-order valence-corrected chi connectivity index (χ0v) is 14.0. The average molecular weight is 394 g/mol. The maximum Gasteiger partial charge on any atom is 0.162 e. The molecule has 3 aromatic rings. The number of nitrogens with zero attached hydrogens (tertiary/aromatic N) is 3. The van der Waals surface area contributed by atoms with E-state index in [9.17, 15) is 5.26 Å². The number of anilines is 1. The summed E-state index contributed by atoms with van der Waals surface area (Å²) in [6.07, 6.45) is 1.62. The molecule has 0 fully saturated rings. The monoisotopic (exact) mass is 392 g/mol. The minimum atomic E-state index is 0.117. The molecule has 108 valence electrons. The van der Waals surface area contributed by atoms with Gasteiger partial charge in [0.15, 0.2) is 5.65 Å². The van der Waals surface area contributed by atoms with Crippen LogP contribution in [0.4, 0.5) is 5.82 Å². The lowest BCUT2D eigenvalue weighted by Gasteiger charge is -2.12. The van der Waals surface area contributed by atoms with Gasteiger partial charge in [0, 0.05) is 37.2 Å². The second-order valence-corrected chi connectivity index (χ2v) is 6.27. The van der Waals surface area contributed by atoms with Crippen molar-refractivity contribution in [1.29, 1.82) is 5.26 Å². The van der Waals surface area contributed by atoms with E-state index < -0.39 is 0 Å². The fourth-order valence-electron chi connectivity index (χ4n) is 2.22. The van der Waals surface area contributed by atoms with Crippen molar-refractivity contribution in [3.63, 3.8) is 0 Å². The van der Waals surface area contributed by atoms with E-state index in [-0.39, 0.29) is 11.4 Å². The Balaban J connectivity index is 2.50. The highest BCUT2D eigenvalue weighted by Gasteiger charge is 2.18. The molecule has 0 unspecified atom stereocenters. The van der Waals surface area contributed by atoms with Gasteiger partial charge < -0.3 is 5.73 Å². The number of aromatic nitrogens is 2. The van der Waals surface area contributed by atoms with Crippen molar-refractivity contribution in [2.45, 2.75) is 0 Å². The van der Waals surface area contributed by atoms with Crippen LogP contribution in [0.15, 0.2) is 34.9 Å². The van der Waals surface area contributed by atoms with Crippen molar-refractivity contribution in [3.05, 3.63) is 50.5 Å². The molecule has 22 heavy (non-hydrogen) atoms. The summed E-state index contributed by atoms with van der Waals surface area (Å²) in [5.41, 5.74) is 7.86. The number of benzene rings is 1. The fourth-order valence-corrected chi connectivity index (χ4v) is 3.06. The van der Waals surface area contributed by atoms with Crippen molar-refractivity contribution in [2.24, 2.45) is 0 Å². The molecule has 0 aliphatic rings. The van der Waals surface area contributed by atoms with Crippen LogP contribution in [-0.4, -0.2) is 9.97 Å². The molecule has 0 amide bonds. The first kappa shape index (κ1) is 15.0. The first-order valence-corrected chi connectivity index (χ1v) is 7.66. The fraction of sp³-hybridized carbons (Fsp3) is 0. The van der Waals surface area contributed by atoms with Crippen molar-refractivity contribution in [1.82, 2.24) is 9.97 Å². The highest BCUT2D eigenvalue weighted by atomic mass is 79.9. The molecule has 0 aliphatic heterocycles. The van der Waals surface area contributed by atoms with Crippen molar-refractivity contribution >= 4 is 56.0 Å². The number of halogens is 3. The normalized spacial score (nSPS) is 10.6. The minimum absolute atomic E-state index is 0.117. The number of fused-ring (bicyclic) bond motifs is 1. The Labute approximate surface area is 144 Å². The Hall–Kier alpha value is -1.87. The van der Waals surface area contributed by atoms with Gasteiger partial charge in [0.25, 0.3) is 0 Å². The van der Waals surface area contributed by atoms with Gasteiger partial charge in [0.1, 0.15) is 17.5 Å². The molecular weight excluding hydrogens is 387 g/mol. The molecule has 0 aliphatic carbocycles. The summed E-state index contributed by atoms with van der Waals surface area (Å²) in [5, 5.41) is 11.1. The van der Waals surface area contributed by atoms with Gasteiger partial charge in [-0.05, 0) is 34.1 Å². The average Bonchev–Trinajstić information content (AvgIpc) is 2.47. The molecule has 0 atom stereocenters. The summed E-state index contributed by atoms with van der Waals surface area (Å²) in [6, 6.07) is 9.00. The number of hydrogen-bond donors (Lipinski definition) is 1. The maximum absolute atomic E-state index is 9.46. The van der Waals surface area contributed by atoms with Crippen LogP contribution < -0.4 is 5.73 Å². The minimum Gasteiger partial charge on any atom is -0.383 e. The SMILES string of the molecule is N#Cc1c(N)nc2ncc(Br)cc2c1-c1ccc(Cl)cc1Cl. The van der Waals surface area contributed by atoms with E-state index in [4.69, 9.17) is 28.9 Å². The molecule has 0 saturated carbocycles. The Morgan fingerprint density at radius 1 is 1.23 bits per heavy atom. The van der Waals surface area contributed by atoms with Crippen LogP contribution >= 0.6 is 39.1 Å². The van der Waals surface area contributed by atoms with Crippen LogP contribution in [0.3, 0.4) is 0 Å².